The zero-order valence-corrected chi connectivity index (χ0v) is 11.8. The molecule has 0 aromatic heterocycles. The number of rotatable bonds is 1. The summed E-state index contributed by atoms with van der Waals surface area (Å²) >= 11 is 0. The summed E-state index contributed by atoms with van der Waals surface area (Å²) in [7, 11) is 0. The van der Waals surface area contributed by atoms with Gasteiger partial charge in [-0.25, -0.2) is 0 Å². The standard InChI is InChI=1S/C17H28/c1-11-5-6-12(2)14-10-15(13-7-8-13)17(3,4)16(14)9-11/h11,13-16H,2,5-10H2,1,3-4H3. The molecule has 0 heterocycles. The van der Waals surface area contributed by atoms with Crippen LogP contribution in [0, 0.1) is 35.0 Å². The second-order valence-electron chi connectivity index (χ2n) is 7.75. The predicted molar refractivity (Wildman–Crippen MR) is 73.7 cm³/mol. The van der Waals surface area contributed by atoms with Crippen molar-refractivity contribution < 1.29 is 0 Å². The van der Waals surface area contributed by atoms with Gasteiger partial charge in [0.15, 0.2) is 0 Å². The van der Waals surface area contributed by atoms with Crippen molar-refractivity contribution in [2.24, 2.45) is 35.0 Å². The zero-order chi connectivity index (χ0) is 12.2. The first kappa shape index (κ1) is 11.8. The lowest BCUT2D eigenvalue weighted by atomic mass is 9.70. The molecule has 3 aliphatic rings. The zero-order valence-electron chi connectivity index (χ0n) is 11.8. The van der Waals surface area contributed by atoms with Crippen LogP contribution in [-0.4, -0.2) is 0 Å². The smallest absolute Gasteiger partial charge is 0.0169 e. The van der Waals surface area contributed by atoms with Crippen LogP contribution in [0.15, 0.2) is 12.2 Å². The number of hydrogen-bond acceptors (Lipinski definition) is 0. The van der Waals surface area contributed by atoms with Gasteiger partial charge in [-0.1, -0.05) is 32.9 Å². The summed E-state index contributed by atoms with van der Waals surface area (Å²) in [6.07, 6.45) is 8.63. The van der Waals surface area contributed by atoms with Gasteiger partial charge in [0.2, 0.25) is 0 Å². The largest absolute Gasteiger partial charge is 0.0996 e. The Morgan fingerprint density at radius 3 is 2.41 bits per heavy atom. The van der Waals surface area contributed by atoms with Crippen LogP contribution in [0.1, 0.15) is 59.3 Å². The monoisotopic (exact) mass is 232 g/mol. The molecule has 96 valence electrons. The molecular weight excluding hydrogens is 204 g/mol. The second kappa shape index (κ2) is 3.87. The number of hydrogen-bond donors (Lipinski definition) is 0. The quantitative estimate of drug-likeness (QED) is 0.555. The summed E-state index contributed by atoms with van der Waals surface area (Å²) in [6, 6.07) is 0. The molecule has 0 amide bonds. The van der Waals surface area contributed by atoms with E-state index in [4.69, 9.17) is 0 Å². The summed E-state index contributed by atoms with van der Waals surface area (Å²) in [5.74, 6) is 4.78. The molecule has 3 fully saturated rings. The van der Waals surface area contributed by atoms with Gasteiger partial charge in [0.25, 0.3) is 0 Å². The average Bonchev–Trinajstić information content (AvgIpc) is 3.04. The normalized spacial score (nSPS) is 45.5. The van der Waals surface area contributed by atoms with Crippen molar-refractivity contribution >= 4 is 0 Å². The third-order valence-corrected chi connectivity index (χ3v) is 6.23. The van der Waals surface area contributed by atoms with Gasteiger partial charge in [-0.05, 0) is 73.5 Å². The summed E-state index contributed by atoms with van der Waals surface area (Å²) in [5, 5.41) is 0. The maximum atomic E-state index is 4.43. The molecule has 0 bridgehead atoms. The molecule has 3 aliphatic carbocycles. The van der Waals surface area contributed by atoms with Crippen LogP contribution in [0.2, 0.25) is 0 Å². The van der Waals surface area contributed by atoms with E-state index in [-0.39, 0.29) is 0 Å². The minimum absolute atomic E-state index is 0.577. The fourth-order valence-electron chi connectivity index (χ4n) is 4.92. The van der Waals surface area contributed by atoms with Gasteiger partial charge < -0.3 is 0 Å². The summed E-state index contributed by atoms with van der Waals surface area (Å²) < 4.78 is 0. The Hall–Kier alpha value is -0.260. The highest BCUT2D eigenvalue weighted by atomic mass is 14.6. The van der Waals surface area contributed by atoms with Crippen molar-refractivity contribution in [3.05, 3.63) is 12.2 Å². The Bertz CT molecular complexity index is 321. The van der Waals surface area contributed by atoms with Crippen LogP contribution in [0.25, 0.3) is 0 Å². The van der Waals surface area contributed by atoms with Crippen molar-refractivity contribution in [1.29, 1.82) is 0 Å². The van der Waals surface area contributed by atoms with E-state index >= 15 is 0 Å². The van der Waals surface area contributed by atoms with Gasteiger partial charge in [-0.2, -0.15) is 0 Å². The number of allylic oxidation sites excluding steroid dienone is 1. The van der Waals surface area contributed by atoms with E-state index in [1.165, 1.54) is 38.5 Å². The van der Waals surface area contributed by atoms with E-state index < -0.39 is 0 Å². The van der Waals surface area contributed by atoms with Crippen molar-refractivity contribution in [2.45, 2.75) is 59.3 Å². The molecule has 0 nitrogen and oxygen atoms in total. The van der Waals surface area contributed by atoms with Crippen LogP contribution in [0.5, 0.6) is 0 Å². The molecule has 0 radical (unpaired) electrons. The Labute approximate surface area is 107 Å². The molecule has 0 heteroatoms. The summed E-state index contributed by atoms with van der Waals surface area (Å²) in [4.78, 5) is 0. The predicted octanol–water partition coefficient (Wildman–Crippen LogP) is 5.05. The molecule has 4 atom stereocenters. The van der Waals surface area contributed by atoms with Crippen LogP contribution < -0.4 is 0 Å². The third-order valence-electron chi connectivity index (χ3n) is 6.23. The van der Waals surface area contributed by atoms with Crippen molar-refractivity contribution in [1.82, 2.24) is 0 Å². The molecule has 3 saturated carbocycles. The van der Waals surface area contributed by atoms with E-state index in [0.29, 0.717) is 5.41 Å². The van der Waals surface area contributed by atoms with Crippen LogP contribution in [-0.2, 0) is 0 Å². The highest BCUT2D eigenvalue weighted by molar-refractivity contribution is 5.14. The van der Waals surface area contributed by atoms with Gasteiger partial charge in [0.05, 0.1) is 0 Å². The Kier molecular flexibility index (Phi) is 2.69. The fraction of sp³-hybridized carbons (Fsp3) is 0.882. The minimum Gasteiger partial charge on any atom is -0.0996 e. The lowest BCUT2D eigenvalue weighted by Crippen LogP contribution is -2.28. The van der Waals surface area contributed by atoms with Gasteiger partial charge in [-0.3, -0.25) is 0 Å². The Morgan fingerprint density at radius 1 is 1.06 bits per heavy atom. The first-order chi connectivity index (χ1) is 8.00. The van der Waals surface area contributed by atoms with E-state index in [1.54, 1.807) is 5.57 Å². The lowest BCUT2D eigenvalue weighted by molar-refractivity contribution is 0.139. The molecule has 0 spiro atoms. The van der Waals surface area contributed by atoms with E-state index in [2.05, 4.69) is 27.4 Å². The Morgan fingerprint density at radius 2 is 1.76 bits per heavy atom. The minimum atomic E-state index is 0.577. The molecular formula is C17H28. The highest BCUT2D eigenvalue weighted by Gasteiger charge is 2.54. The Balaban J connectivity index is 1.88. The van der Waals surface area contributed by atoms with Crippen molar-refractivity contribution in [2.75, 3.05) is 0 Å². The van der Waals surface area contributed by atoms with E-state index in [9.17, 15) is 0 Å². The molecule has 0 N–H and O–H groups in total. The van der Waals surface area contributed by atoms with Crippen LogP contribution >= 0.6 is 0 Å². The average molecular weight is 232 g/mol. The molecule has 4 unspecified atom stereocenters. The van der Waals surface area contributed by atoms with Gasteiger partial charge in [0.1, 0.15) is 0 Å². The fourth-order valence-corrected chi connectivity index (χ4v) is 4.92. The van der Waals surface area contributed by atoms with Crippen molar-refractivity contribution in [3.8, 4) is 0 Å². The van der Waals surface area contributed by atoms with Crippen molar-refractivity contribution in [3.63, 3.8) is 0 Å². The van der Waals surface area contributed by atoms with E-state index in [1.807, 2.05) is 0 Å². The highest BCUT2D eigenvalue weighted by Crippen LogP contribution is 2.62. The first-order valence-electron chi connectivity index (χ1n) is 7.67. The van der Waals surface area contributed by atoms with Gasteiger partial charge in [0, 0.05) is 0 Å². The van der Waals surface area contributed by atoms with Crippen LogP contribution in [0.4, 0.5) is 0 Å². The summed E-state index contributed by atoms with van der Waals surface area (Å²) in [6.45, 7) is 12.0. The van der Waals surface area contributed by atoms with Gasteiger partial charge in [-0.15, -0.1) is 0 Å². The lowest BCUT2D eigenvalue weighted by Gasteiger charge is -2.35. The molecule has 0 aliphatic heterocycles. The number of fused-ring (bicyclic) bond motifs is 1. The summed E-state index contributed by atoms with van der Waals surface area (Å²) in [5.41, 5.74) is 2.17. The first-order valence-corrected chi connectivity index (χ1v) is 7.67. The maximum Gasteiger partial charge on any atom is -0.0169 e. The molecule has 0 aromatic carbocycles. The molecule has 3 rings (SSSR count). The van der Waals surface area contributed by atoms with Gasteiger partial charge >= 0.3 is 0 Å². The maximum absolute atomic E-state index is 4.43. The molecule has 17 heavy (non-hydrogen) atoms. The second-order valence-corrected chi connectivity index (χ2v) is 7.75. The molecule has 0 aromatic rings. The third kappa shape index (κ3) is 1.88. The topological polar surface area (TPSA) is 0 Å². The molecule has 0 saturated heterocycles. The SMILES string of the molecule is C=C1CCC(C)CC2C1CC(C1CC1)C2(C)C. The van der Waals surface area contributed by atoms with Crippen LogP contribution in [0.3, 0.4) is 0 Å². The van der Waals surface area contributed by atoms with E-state index in [0.717, 1.165) is 29.6 Å².